The number of rotatable bonds is 2. The topological polar surface area (TPSA) is 7.60 Å². The van der Waals surface area contributed by atoms with Crippen LogP contribution in [0.25, 0.3) is 4.85 Å². The molecule has 0 bridgehead atoms. The van der Waals surface area contributed by atoms with Crippen LogP contribution in [0.3, 0.4) is 0 Å². The molecular formula is C17H20N2S. The first-order valence-electron chi connectivity index (χ1n) is 7.09. The van der Waals surface area contributed by atoms with E-state index in [9.17, 15) is 0 Å². The highest BCUT2D eigenvalue weighted by Crippen LogP contribution is 2.30. The summed E-state index contributed by atoms with van der Waals surface area (Å²) in [5.74, 6) is 0. The predicted octanol–water partition coefficient (Wildman–Crippen LogP) is 4.75. The summed E-state index contributed by atoms with van der Waals surface area (Å²) in [6.45, 7) is 13.4. The van der Waals surface area contributed by atoms with E-state index in [-0.39, 0.29) is 6.17 Å². The second-order valence-electron chi connectivity index (χ2n) is 4.50. The molecule has 3 rings (SSSR count). The van der Waals surface area contributed by atoms with Crippen molar-refractivity contribution in [1.29, 1.82) is 0 Å². The second kappa shape index (κ2) is 7.23. The summed E-state index contributed by atoms with van der Waals surface area (Å²) in [4.78, 5) is 7.58. The molecule has 1 unspecified atom stereocenters. The summed E-state index contributed by atoms with van der Waals surface area (Å²) < 4.78 is 0. The van der Waals surface area contributed by atoms with Crippen LogP contribution in [0.1, 0.15) is 36.0 Å². The van der Waals surface area contributed by atoms with Crippen molar-refractivity contribution in [3.63, 3.8) is 0 Å². The summed E-state index contributed by atoms with van der Waals surface area (Å²) in [5.41, 5.74) is 2.50. The van der Waals surface area contributed by atoms with Gasteiger partial charge in [-0.2, -0.15) is 0 Å². The Morgan fingerprint density at radius 3 is 2.65 bits per heavy atom. The highest BCUT2D eigenvalue weighted by atomic mass is 32.1. The average molecular weight is 284 g/mol. The number of thiophene rings is 1. The van der Waals surface area contributed by atoms with Crippen LogP contribution in [-0.4, -0.2) is 11.4 Å². The minimum Gasteiger partial charge on any atom is -0.291 e. The fraction of sp³-hybridized carbons (Fsp3) is 0.353. The standard InChI is InChI=1S/C15H14N2S.C2H6/c1-16-15(12-5-3-2-4-6-12)17-9-7-14-13(11-17)8-10-18-14;1-2/h2-6,8,10,15H,7,9,11H2;1-2H3. The summed E-state index contributed by atoms with van der Waals surface area (Å²) in [5, 5.41) is 2.16. The van der Waals surface area contributed by atoms with Gasteiger partial charge in [-0.15, -0.1) is 11.3 Å². The Balaban J connectivity index is 0.000000704. The van der Waals surface area contributed by atoms with Crippen molar-refractivity contribution in [3.8, 4) is 0 Å². The smallest absolute Gasteiger partial charge is 0.291 e. The van der Waals surface area contributed by atoms with Gasteiger partial charge in [0.2, 0.25) is 0 Å². The van der Waals surface area contributed by atoms with Crippen molar-refractivity contribution in [2.75, 3.05) is 6.54 Å². The Labute approximate surface area is 125 Å². The third-order valence-corrected chi connectivity index (χ3v) is 4.43. The molecule has 0 spiro atoms. The third kappa shape index (κ3) is 3.09. The van der Waals surface area contributed by atoms with E-state index in [1.54, 1.807) is 0 Å². The van der Waals surface area contributed by atoms with Crippen molar-refractivity contribution in [3.05, 3.63) is 69.2 Å². The number of hydrogen-bond acceptors (Lipinski definition) is 2. The molecule has 3 heteroatoms. The molecule has 0 amide bonds. The highest BCUT2D eigenvalue weighted by Gasteiger charge is 2.28. The number of fused-ring (bicyclic) bond motifs is 1. The molecule has 104 valence electrons. The predicted molar refractivity (Wildman–Crippen MR) is 85.6 cm³/mol. The van der Waals surface area contributed by atoms with E-state index in [1.165, 1.54) is 10.4 Å². The zero-order chi connectivity index (χ0) is 14.4. The Bertz CT molecular complexity index is 568. The first-order valence-corrected chi connectivity index (χ1v) is 7.97. The van der Waals surface area contributed by atoms with Gasteiger partial charge in [-0.25, -0.2) is 11.5 Å². The monoisotopic (exact) mass is 284 g/mol. The quantitative estimate of drug-likeness (QED) is 0.722. The van der Waals surface area contributed by atoms with E-state index < -0.39 is 0 Å². The van der Waals surface area contributed by atoms with Crippen LogP contribution < -0.4 is 0 Å². The number of hydrogen-bond donors (Lipinski definition) is 0. The normalized spacial score (nSPS) is 15.4. The molecule has 0 fully saturated rings. The SMILES string of the molecule is CC.[C-]#[N+]C(c1ccccc1)N1CCc2sccc2C1. The van der Waals surface area contributed by atoms with E-state index in [4.69, 9.17) is 6.57 Å². The molecule has 0 radical (unpaired) electrons. The Hall–Kier alpha value is -1.63. The maximum atomic E-state index is 7.47. The zero-order valence-corrected chi connectivity index (χ0v) is 12.9. The van der Waals surface area contributed by atoms with Gasteiger partial charge in [-0.1, -0.05) is 32.0 Å². The van der Waals surface area contributed by atoms with Crippen LogP contribution in [0, 0.1) is 6.57 Å². The summed E-state index contributed by atoms with van der Waals surface area (Å²) in [7, 11) is 0. The molecule has 2 aromatic rings. The molecule has 0 saturated carbocycles. The van der Waals surface area contributed by atoms with E-state index in [2.05, 4.69) is 21.2 Å². The zero-order valence-electron chi connectivity index (χ0n) is 12.0. The second-order valence-corrected chi connectivity index (χ2v) is 5.50. The summed E-state index contributed by atoms with van der Waals surface area (Å²) >= 11 is 1.84. The Morgan fingerprint density at radius 2 is 1.95 bits per heavy atom. The van der Waals surface area contributed by atoms with Crippen LogP contribution in [-0.2, 0) is 13.0 Å². The van der Waals surface area contributed by atoms with Crippen molar-refractivity contribution >= 4 is 11.3 Å². The maximum Gasteiger partial charge on any atom is 0.305 e. The van der Waals surface area contributed by atoms with Crippen molar-refractivity contribution in [1.82, 2.24) is 4.90 Å². The lowest BCUT2D eigenvalue weighted by Gasteiger charge is -2.27. The molecular weight excluding hydrogens is 264 g/mol. The van der Waals surface area contributed by atoms with Gasteiger partial charge in [0.15, 0.2) is 0 Å². The van der Waals surface area contributed by atoms with Gasteiger partial charge in [0, 0.05) is 18.0 Å². The van der Waals surface area contributed by atoms with Crippen LogP contribution in [0.15, 0.2) is 41.8 Å². The fourth-order valence-corrected chi connectivity index (χ4v) is 3.36. The molecule has 0 aliphatic carbocycles. The van der Waals surface area contributed by atoms with E-state index in [1.807, 2.05) is 55.5 Å². The van der Waals surface area contributed by atoms with E-state index in [0.717, 1.165) is 25.1 Å². The van der Waals surface area contributed by atoms with Gasteiger partial charge in [-0.3, -0.25) is 4.85 Å². The van der Waals surface area contributed by atoms with Crippen LogP contribution in [0.4, 0.5) is 0 Å². The molecule has 1 aliphatic heterocycles. The maximum absolute atomic E-state index is 7.47. The number of nitrogens with zero attached hydrogens (tertiary/aromatic N) is 2. The summed E-state index contributed by atoms with van der Waals surface area (Å²) in [6, 6.07) is 12.3. The lowest BCUT2D eigenvalue weighted by atomic mass is 10.1. The van der Waals surface area contributed by atoms with E-state index >= 15 is 0 Å². The van der Waals surface area contributed by atoms with Gasteiger partial charge in [0.1, 0.15) is 0 Å². The first-order chi connectivity index (χ1) is 9.88. The van der Waals surface area contributed by atoms with Gasteiger partial charge < -0.3 is 0 Å². The molecule has 2 heterocycles. The van der Waals surface area contributed by atoms with Crippen molar-refractivity contribution in [2.24, 2.45) is 0 Å². The Morgan fingerprint density at radius 1 is 1.20 bits per heavy atom. The molecule has 1 aromatic heterocycles. The Kier molecular flexibility index (Phi) is 5.34. The van der Waals surface area contributed by atoms with Crippen LogP contribution in [0.5, 0.6) is 0 Å². The van der Waals surface area contributed by atoms with Crippen molar-refractivity contribution in [2.45, 2.75) is 33.0 Å². The van der Waals surface area contributed by atoms with Gasteiger partial charge in [0.05, 0.1) is 5.56 Å². The lowest BCUT2D eigenvalue weighted by molar-refractivity contribution is 0.212. The van der Waals surface area contributed by atoms with Crippen LogP contribution in [0.2, 0.25) is 0 Å². The number of benzene rings is 1. The molecule has 0 saturated heterocycles. The van der Waals surface area contributed by atoms with Gasteiger partial charge in [-0.05, 0) is 35.6 Å². The lowest BCUT2D eigenvalue weighted by Crippen LogP contribution is -2.32. The minimum absolute atomic E-state index is 0.140. The van der Waals surface area contributed by atoms with Gasteiger partial charge >= 0.3 is 6.17 Å². The molecule has 20 heavy (non-hydrogen) atoms. The fourth-order valence-electron chi connectivity index (χ4n) is 2.47. The molecule has 0 N–H and O–H groups in total. The summed E-state index contributed by atoms with van der Waals surface area (Å²) in [6.07, 6.45) is 0.936. The average Bonchev–Trinajstić information content (AvgIpc) is 2.99. The molecule has 1 aliphatic rings. The van der Waals surface area contributed by atoms with Crippen molar-refractivity contribution < 1.29 is 0 Å². The molecule has 2 nitrogen and oxygen atoms in total. The molecule has 1 atom stereocenters. The largest absolute Gasteiger partial charge is 0.305 e. The highest BCUT2D eigenvalue weighted by molar-refractivity contribution is 7.10. The minimum atomic E-state index is -0.140. The first kappa shape index (κ1) is 14.8. The van der Waals surface area contributed by atoms with E-state index in [0.29, 0.717) is 0 Å². The van der Waals surface area contributed by atoms with Crippen LogP contribution >= 0.6 is 11.3 Å². The third-order valence-electron chi connectivity index (χ3n) is 3.40. The molecule has 1 aromatic carbocycles. The van der Waals surface area contributed by atoms with Gasteiger partial charge in [0.25, 0.3) is 0 Å².